The molecule has 0 fully saturated rings. The smallest absolute Gasteiger partial charge is 0.0365 e. The van der Waals surface area contributed by atoms with Gasteiger partial charge < -0.3 is 5.73 Å². The second-order valence-corrected chi connectivity index (χ2v) is 4.69. The van der Waals surface area contributed by atoms with Crippen LogP contribution in [-0.4, -0.2) is 0 Å². The highest BCUT2D eigenvalue weighted by Gasteiger charge is 2.10. The summed E-state index contributed by atoms with van der Waals surface area (Å²) in [5.41, 5.74) is 7.20. The van der Waals surface area contributed by atoms with Crippen LogP contribution in [-0.2, 0) is 0 Å². The number of benzene rings is 1. The van der Waals surface area contributed by atoms with Gasteiger partial charge in [0.15, 0.2) is 0 Å². The van der Waals surface area contributed by atoms with Gasteiger partial charge in [-0.15, -0.1) is 0 Å². The van der Waals surface area contributed by atoms with Crippen LogP contribution in [0.3, 0.4) is 0 Å². The predicted molar refractivity (Wildman–Crippen MR) is 63.7 cm³/mol. The van der Waals surface area contributed by atoms with Gasteiger partial charge in [-0.1, -0.05) is 25.5 Å². The van der Waals surface area contributed by atoms with Gasteiger partial charge in [-0.25, -0.2) is 0 Å². The van der Waals surface area contributed by atoms with E-state index >= 15 is 0 Å². The molecule has 2 N–H and O–H groups in total. The molecule has 0 amide bonds. The molecule has 13 heavy (non-hydrogen) atoms. The van der Waals surface area contributed by atoms with Gasteiger partial charge in [-0.3, -0.25) is 0 Å². The minimum Gasteiger partial charge on any atom is -0.324 e. The maximum Gasteiger partial charge on any atom is 0.0365 e. The molecule has 0 spiro atoms. The Morgan fingerprint density at radius 3 is 2.69 bits per heavy atom. The van der Waals surface area contributed by atoms with Gasteiger partial charge in [-0.2, -0.15) is 0 Å². The third-order valence-corrected chi connectivity index (χ3v) is 4.06. The van der Waals surface area contributed by atoms with E-state index in [-0.39, 0.29) is 6.04 Å². The third kappa shape index (κ3) is 2.79. The van der Waals surface area contributed by atoms with Crippen molar-refractivity contribution in [1.82, 2.24) is 0 Å². The summed E-state index contributed by atoms with van der Waals surface area (Å²) in [6.07, 6.45) is 2.13. The highest BCUT2D eigenvalue weighted by atomic mass is 79.9. The molecule has 0 aromatic heterocycles. The first-order valence-electron chi connectivity index (χ1n) is 4.36. The van der Waals surface area contributed by atoms with E-state index in [1.54, 1.807) is 0 Å². The summed E-state index contributed by atoms with van der Waals surface area (Å²) >= 11 is 6.99. The minimum absolute atomic E-state index is 0.136. The van der Waals surface area contributed by atoms with Crippen LogP contribution in [0.25, 0.3) is 0 Å². The molecule has 0 unspecified atom stereocenters. The second-order valence-electron chi connectivity index (χ2n) is 3.04. The molecular weight excluding hydrogens is 294 g/mol. The predicted octanol–water partition coefficient (Wildman–Crippen LogP) is 4.01. The van der Waals surface area contributed by atoms with Gasteiger partial charge in [-0.05, 0) is 49.9 Å². The first-order chi connectivity index (χ1) is 6.16. The first-order valence-corrected chi connectivity index (χ1v) is 5.95. The van der Waals surface area contributed by atoms with Crippen LogP contribution in [0, 0.1) is 0 Å². The molecule has 0 heterocycles. The fourth-order valence-electron chi connectivity index (χ4n) is 1.27. The Bertz CT molecular complexity index is 286. The summed E-state index contributed by atoms with van der Waals surface area (Å²) in [5.74, 6) is 0. The molecule has 0 saturated heterocycles. The lowest BCUT2D eigenvalue weighted by Gasteiger charge is -2.13. The Balaban J connectivity index is 2.93. The summed E-state index contributed by atoms with van der Waals surface area (Å²) in [4.78, 5) is 0. The lowest BCUT2D eigenvalue weighted by atomic mass is 10.0. The summed E-state index contributed by atoms with van der Waals surface area (Å²) in [6, 6.07) is 6.22. The van der Waals surface area contributed by atoms with Crippen molar-refractivity contribution in [3.05, 3.63) is 32.7 Å². The van der Waals surface area contributed by atoms with E-state index in [2.05, 4.69) is 44.8 Å². The van der Waals surface area contributed by atoms with E-state index in [4.69, 9.17) is 5.73 Å². The zero-order valence-electron chi connectivity index (χ0n) is 7.56. The summed E-state index contributed by atoms with van der Waals surface area (Å²) in [6.45, 7) is 2.14. The average Bonchev–Trinajstić information content (AvgIpc) is 2.10. The molecule has 0 radical (unpaired) electrons. The molecule has 0 aliphatic rings. The second kappa shape index (κ2) is 5.13. The largest absolute Gasteiger partial charge is 0.324 e. The Labute approximate surface area is 96.0 Å². The van der Waals surface area contributed by atoms with Crippen molar-refractivity contribution in [1.29, 1.82) is 0 Å². The number of hydrogen-bond acceptors (Lipinski definition) is 1. The van der Waals surface area contributed by atoms with Crippen LogP contribution >= 0.6 is 31.9 Å². The van der Waals surface area contributed by atoms with E-state index < -0.39 is 0 Å². The summed E-state index contributed by atoms with van der Waals surface area (Å²) < 4.78 is 2.15. The molecule has 1 rings (SSSR count). The molecule has 1 nitrogen and oxygen atoms in total. The molecular formula is C10H13Br2N. The topological polar surface area (TPSA) is 26.0 Å². The lowest BCUT2D eigenvalue weighted by Crippen LogP contribution is -2.10. The molecule has 1 aromatic rings. The maximum atomic E-state index is 6.02. The van der Waals surface area contributed by atoms with Crippen LogP contribution in [0.15, 0.2) is 27.1 Å². The molecule has 0 aliphatic carbocycles. The Kier molecular flexibility index (Phi) is 4.42. The van der Waals surface area contributed by atoms with E-state index in [1.165, 1.54) is 5.56 Å². The zero-order chi connectivity index (χ0) is 9.84. The molecule has 0 bridgehead atoms. The van der Waals surface area contributed by atoms with E-state index in [9.17, 15) is 0 Å². The lowest BCUT2D eigenvalue weighted by molar-refractivity contribution is 0.636. The molecule has 1 aromatic carbocycles. The SMILES string of the molecule is CCC[C@@H](N)c1cccc(Br)c1Br. The van der Waals surface area contributed by atoms with Gasteiger partial charge in [0, 0.05) is 15.0 Å². The standard InChI is InChI=1S/C10H13Br2N/c1-2-4-9(13)7-5-3-6-8(11)10(7)12/h3,5-6,9H,2,4,13H2,1H3/t9-/m1/s1. The Hall–Kier alpha value is 0.140. The van der Waals surface area contributed by atoms with Gasteiger partial charge >= 0.3 is 0 Å². The number of halogens is 2. The monoisotopic (exact) mass is 305 g/mol. The molecule has 72 valence electrons. The molecule has 0 aliphatic heterocycles. The molecule has 3 heteroatoms. The van der Waals surface area contributed by atoms with Crippen molar-refractivity contribution < 1.29 is 0 Å². The minimum atomic E-state index is 0.136. The van der Waals surface area contributed by atoms with Crippen LogP contribution in [0.4, 0.5) is 0 Å². The Morgan fingerprint density at radius 2 is 2.08 bits per heavy atom. The van der Waals surface area contributed by atoms with Crippen molar-refractivity contribution in [2.45, 2.75) is 25.8 Å². The van der Waals surface area contributed by atoms with Gasteiger partial charge in [0.1, 0.15) is 0 Å². The van der Waals surface area contributed by atoms with Crippen molar-refractivity contribution in [3.63, 3.8) is 0 Å². The third-order valence-electron chi connectivity index (χ3n) is 1.98. The fraction of sp³-hybridized carbons (Fsp3) is 0.400. The average molecular weight is 307 g/mol. The normalized spacial score (nSPS) is 12.9. The fourth-order valence-corrected chi connectivity index (χ4v) is 2.21. The van der Waals surface area contributed by atoms with E-state index in [0.717, 1.165) is 21.8 Å². The Morgan fingerprint density at radius 1 is 1.38 bits per heavy atom. The van der Waals surface area contributed by atoms with Crippen LogP contribution < -0.4 is 5.73 Å². The van der Waals surface area contributed by atoms with Gasteiger partial charge in [0.25, 0.3) is 0 Å². The quantitative estimate of drug-likeness (QED) is 0.897. The van der Waals surface area contributed by atoms with Crippen molar-refractivity contribution in [2.75, 3.05) is 0 Å². The van der Waals surface area contributed by atoms with E-state index in [1.807, 2.05) is 12.1 Å². The number of nitrogens with two attached hydrogens (primary N) is 1. The van der Waals surface area contributed by atoms with Crippen LogP contribution in [0.5, 0.6) is 0 Å². The van der Waals surface area contributed by atoms with Gasteiger partial charge in [0.05, 0.1) is 0 Å². The summed E-state index contributed by atoms with van der Waals surface area (Å²) in [7, 11) is 0. The van der Waals surface area contributed by atoms with Crippen LogP contribution in [0.1, 0.15) is 31.4 Å². The zero-order valence-corrected chi connectivity index (χ0v) is 10.7. The highest BCUT2D eigenvalue weighted by Crippen LogP contribution is 2.31. The van der Waals surface area contributed by atoms with Crippen molar-refractivity contribution in [3.8, 4) is 0 Å². The van der Waals surface area contributed by atoms with Gasteiger partial charge in [0.2, 0.25) is 0 Å². The number of hydrogen-bond donors (Lipinski definition) is 1. The van der Waals surface area contributed by atoms with Crippen molar-refractivity contribution in [2.24, 2.45) is 5.73 Å². The highest BCUT2D eigenvalue weighted by molar-refractivity contribution is 9.13. The van der Waals surface area contributed by atoms with Crippen molar-refractivity contribution >= 4 is 31.9 Å². The number of rotatable bonds is 3. The molecule has 0 saturated carbocycles. The summed E-state index contributed by atoms with van der Waals surface area (Å²) in [5, 5.41) is 0. The molecule has 1 atom stereocenters. The maximum absolute atomic E-state index is 6.02. The van der Waals surface area contributed by atoms with E-state index in [0.29, 0.717) is 0 Å². The first kappa shape index (κ1) is 11.2. The van der Waals surface area contributed by atoms with Crippen LogP contribution in [0.2, 0.25) is 0 Å².